The molecule has 0 atom stereocenters. The summed E-state index contributed by atoms with van der Waals surface area (Å²) in [5.41, 5.74) is 3.54. The minimum atomic E-state index is 0.414. The molecule has 1 aliphatic carbocycles. The second kappa shape index (κ2) is 5.37. The third-order valence-electron chi connectivity index (χ3n) is 2.71. The average molecular weight is 247 g/mol. The zero-order valence-corrected chi connectivity index (χ0v) is 10.00. The number of nitrogens with zero attached hydrogens (tertiary/aromatic N) is 1. The van der Waals surface area contributed by atoms with Crippen LogP contribution in [0.2, 0.25) is 0 Å². The Hall–Kier alpha value is -2.27. The highest BCUT2D eigenvalue weighted by molar-refractivity contribution is 5.97. The van der Waals surface area contributed by atoms with E-state index in [0.717, 1.165) is 4.74 Å². The molecule has 0 radical (unpaired) electrons. The standard InChI is InChI=1S/C13H15N2O3/c1-18-13-9-5-4-8-12(13)15(17)11-7-3-2-6-10(11)14-16/h2-7,9,14,16-17H,8H2,1H3/q+1/b15-12-. The van der Waals surface area contributed by atoms with Crippen molar-refractivity contribution in [2.24, 2.45) is 0 Å². The Labute approximate surface area is 105 Å². The number of hydrogen-bond donors (Lipinski definition) is 3. The van der Waals surface area contributed by atoms with Crippen LogP contribution in [-0.2, 0) is 4.74 Å². The van der Waals surface area contributed by atoms with Crippen molar-refractivity contribution in [2.45, 2.75) is 6.42 Å². The highest BCUT2D eigenvalue weighted by atomic mass is 16.5. The SMILES string of the molecule is COC1=CC=CC/C1=[N+](/O)c1ccccc1NO. The molecule has 1 aromatic rings. The van der Waals surface area contributed by atoms with Crippen LogP contribution in [-0.4, -0.2) is 28.0 Å². The van der Waals surface area contributed by atoms with Crippen molar-refractivity contribution in [3.63, 3.8) is 0 Å². The van der Waals surface area contributed by atoms with Crippen molar-refractivity contribution in [1.29, 1.82) is 0 Å². The summed E-state index contributed by atoms with van der Waals surface area (Å²) >= 11 is 0. The molecule has 0 bridgehead atoms. The van der Waals surface area contributed by atoms with E-state index in [4.69, 9.17) is 9.94 Å². The molecule has 0 saturated carbocycles. The maximum atomic E-state index is 10.2. The van der Waals surface area contributed by atoms with Crippen LogP contribution in [0.15, 0.2) is 48.3 Å². The lowest BCUT2D eigenvalue weighted by molar-refractivity contribution is -0.713. The van der Waals surface area contributed by atoms with Crippen molar-refractivity contribution in [3.05, 3.63) is 48.3 Å². The molecule has 1 aromatic carbocycles. The second-order valence-electron chi connectivity index (χ2n) is 3.75. The summed E-state index contributed by atoms with van der Waals surface area (Å²) in [6, 6.07) is 6.88. The lowest BCUT2D eigenvalue weighted by Crippen LogP contribution is -2.19. The Morgan fingerprint density at radius 2 is 2.11 bits per heavy atom. The number of allylic oxidation sites excluding steroid dienone is 4. The first kappa shape index (κ1) is 12.2. The van der Waals surface area contributed by atoms with Gasteiger partial charge in [-0.3, -0.25) is 15.9 Å². The van der Waals surface area contributed by atoms with Gasteiger partial charge in [0.25, 0.3) is 11.4 Å². The maximum Gasteiger partial charge on any atom is 0.282 e. The zero-order chi connectivity index (χ0) is 13.0. The normalized spacial score (nSPS) is 17.1. The third-order valence-corrected chi connectivity index (χ3v) is 2.71. The molecule has 0 heterocycles. The predicted octanol–water partition coefficient (Wildman–Crippen LogP) is 2.45. The van der Waals surface area contributed by atoms with Crippen LogP contribution < -0.4 is 5.48 Å². The molecule has 0 amide bonds. The van der Waals surface area contributed by atoms with Crippen LogP contribution in [0.4, 0.5) is 11.4 Å². The molecule has 18 heavy (non-hydrogen) atoms. The molecular formula is C13H15N2O3+. The van der Waals surface area contributed by atoms with Crippen molar-refractivity contribution < 1.29 is 19.9 Å². The minimum Gasteiger partial charge on any atom is -0.490 e. The summed E-state index contributed by atoms with van der Waals surface area (Å²) in [6.45, 7) is 0. The fourth-order valence-electron chi connectivity index (χ4n) is 1.81. The van der Waals surface area contributed by atoms with E-state index in [1.54, 1.807) is 37.5 Å². The molecule has 0 unspecified atom stereocenters. The van der Waals surface area contributed by atoms with Crippen molar-refractivity contribution >= 4 is 17.1 Å². The Balaban J connectivity index is 2.49. The lowest BCUT2D eigenvalue weighted by atomic mass is 10.1. The Bertz CT molecular complexity index is 533. The zero-order valence-electron chi connectivity index (χ0n) is 10.00. The van der Waals surface area contributed by atoms with Gasteiger partial charge in [-0.1, -0.05) is 24.3 Å². The molecular weight excluding hydrogens is 232 g/mol. The van der Waals surface area contributed by atoms with Gasteiger partial charge in [-0.2, -0.15) is 0 Å². The first-order valence-corrected chi connectivity index (χ1v) is 5.53. The Morgan fingerprint density at radius 1 is 1.33 bits per heavy atom. The van der Waals surface area contributed by atoms with Crippen LogP contribution in [0.3, 0.4) is 0 Å². The fraction of sp³-hybridized carbons (Fsp3) is 0.154. The van der Waals surface area contributed by atoms with Gasteiger partial charge in [0.1, 0.15) is 5.69 Å². The predicted molar refractivity (Wildman–Crippen MR) is 67.4 cm³/mol. The number of hydrogen-bond acceptors (Lipinski definition) is 4. The van der Waals surface area contributed by atoms with Gasteiger partial charge >= 0.3 is 0 Å². The van der Waals surface area contributed by atoms with Crippen LogP contribution in [0.25, 0.3) is 0 Å². The number of nitrogens with one attached hydrogen (secondary N) is 1. The van der Waals surface area contributed by atoms with Gasteiger partial charge in [-0.15, -0.1) is 0 Å². The van der Waals surface area contributed by atoms with Gasteiger partial charge in [0.05, 0.1) is 13.5 Å². The number of anilines is 1. The van der Waals surface area contributed by atoms with E-state index in [2.05, 4.69) is 5.48 Å². The lowest BCUT2D eigenvalue weighted by Gasteiger charge is -2.08. The number of ether oxygens (including phenoxy) is 1. The van der Waals surface area contributed by atoms with E-state index in [1.807, 2.05) is 12.2 Å². The van der Waals surface area contributed by atoms with Crippen LogP contribution in [0.5, 0.6) is 0 Å². The largest absolute Gasteiger partial charge is 0.490 e. The molecule has 5 nitrogen and oxygen atoms in total. The van der Waals surface area contributed by atoms with E-state index in [9.17, 15) is 5.21 Å². The second-order valence-corrected chi connectivity index (χ2v) is 3.75. The van der Waals surface area contributed by atoms with Crippen LogP contribution in [0, 0.1) is 0 Å². The van der Waals surface area contributed by atoms with Gasteiger partial charge in [0, 0.05) is 10.8 Å². The number of methoxy groups -OCH3 is 1. The maximum absolute atomic E-state index is 10.2. The summed E-state index contributed by atoms with van der Waals surface area (Å²) in [5.74, 6) is 0.591. The molecule has 0 aliphatic heterocycles. The Kier molecular flexibility index (Phi) is 3.64. The van der Waals surface area contributed by atoms with Gasteiger partial charge < -0.3 is 4.74 Å². The van der Waals surface area contributed by atoms with E-state index in [-0.39, 0.29) is 0 Å². The summed E-state index contributed by atoms with van der Waals surface area (Å²) in [4.78, 5) is 0. The van der Waals surface area contributed by atoms with Gasteiger partial charge in [0.2, 0.25) is 0 Å². The highest BCUT2D eigenvalue weighted by Crippen LogP contribution is 2.24. The summed E-state index contributed by atoms with van der Waals surface area (Å²) in [7, 11) is 1.55. The van der Waals surface area contributed by atoms with Crippen molar-refractivity contribution in [3.8, 4) is 0 Å². The first-order valence-electron chi connectivity index (χ1n) is 5.53. The molecule has 0 saturated heterocycles. The molecule has 0 fully saturated rings. The molecule has 0 aromatic heterocycles. The quantitative estimate of drug-likeness (QED) is 0.436. The molecule has 94 valence electrons. The van der Waals surface area contributed by atoms with Gasteiger partial charge in [-0.25, -0.2) is 0 Å². The molecule has 5 heteroatoms. The third kappa shape index (κ3) is 2.21. The van der Waals surface area contributed by atoms with Crippen molar-refractivity contribution in [1.82, 2.24) is 0 Å². The highest BCUT2D eigenvalue weighted by Gasteiger charge is 2.25. The van der Waals surface area contributed by atoms with E-state index < -0.39 is 0 Å². The van der Waals surface area contributed by atoms with E-state index in [0.29, 0.717) is 29.3 Å². The van der Waals surface area contributed by atoms with E-state index in [1.165, 1.54) is 0 Å². The summed E-state index contributed by atoms with van der Waals surface area (Å²) in [5, 5.41) is 19.3. The summed E-state index contributed by atoms with van der Waals surface area (Å²) in [6.07, 6.45) is 6.11. The smallest absolute Gasteiger partial charge is 0.282 e. The van der Waals surface area contributed by atoms with Crippen LogP contribution in [0.1, 0.15) is 6.42 Å². The average Bonchev–Trinajstić information content (AvgIpc) is 2.46. The van der Waals surface area contributed by atoms with Gasteiger partial charge in [0.15, 0.2) is 5.76 Å². The monoisotopic (exact) mass is 247 g/mol. The first-order chi connectivity index (χ1) is 8.77. The fourth-order valence-corrected chi connectivity index (χ4v) is 1.81. The Morgan fingerprint density at radius 3 is 2.83 bits per heavy atom. The number of para-hydroxylation sites is 2. The van der Waals surface area contributed by atoms with E-state index >= 15 is 0 Å². The topological polar surface area (TPSA) is 64.7 Å². The summed E-state index contributed by atoms with van der Waals surface area (Å²) < 4.78 is 6.22. The van der Waals surface area contributed by atoms with Crippen molar-refractivity contribution in [2.75, 3.05) is 12.6 Å². The molecule has 2 rings (SSSR count). The number of rotatable bonds is 3. The number of benzene rings is 1. The minimum absolute atomic E-state index is 0.414. The molecule has 0 spiro atoms. The molecule has 1 aliphatic rings. The molecule has 3 N–H and O–H groups in total. The van der Waals surface area contributed by atoms with Gasteiger partial charge in [-0.05, 0) is 12.1 Å². The van der Waals surface area contributed by atoms with Crippen LogP contribution >= 0.6 is 0 Å².